The zero-order chi connectivity index (χ0) is 15.4. The highest BCUT2D eigenvalue weighted by atomic mass is 16.5. The topological polar surface area (TPSA) is 93.5 Å². The summed E-state index contributed by atoms with van der Waals surface area (Å²) in [4.78, 5) is 22.8. The van der Waals surface area contributed by atoms with E-state index in [4.69, 9.17) is 10.5 Å². The normalized spacial score (nSPS) is 18.3. The molecule has 0 radical (unpaired) electrons. The average Bonchev–Trinajstić information content (AvgIpc) is 2.47. The number of benzene rings is 1. The maximum absolute atomic E-state index is 11.7. The Labute approximate surface area is 124 Å². The number of hydrogen-bond acceptors (Lipinski definition) is 4. The molecule has 0 bridgehead atoms. The highest BCUT2D eigenvalue weighted by Gasteiger charge is 2.20. The van der Waals surface area contributed by atoms with Gasteiger partial charge in [-0.1, -0.05) is 6.07 Å². The molecule has 0 heterocycles. The Kier molecular flexibility index (Phi) is 4.80. The van der Waals surface area contributed by atoms with Gasteiger partial charge in [-0.2, -0.15) is 0 Å². The molecule has 114 valence electrons. The summed E-state index contributed by atoms with van der Waals surface area (Å²) in [5.74, 6) is 0.0991. The summed E-state index contributed by atoms with van der Waals surface area (Å²) in [6.07, 6.45) is 2.32. The molecule has 6 heteroatoms. The predicted octanol–water partition coefficient (Wildman–Crippen LogP) is 1.25. The molecule has 0 saturated heterocycles. The van der Waals surface area contributed by atoms with Crippen LogP contribution in [0.4, 0.5) is 4.79 Å². The number of nitrogens with two attached hydrogens (primary N) is 1. The van der Waals surface area contributed by atoms with Crippen LogP contribution in [0.3, 0.4) is 0 Å². The van der Waals surface area contributed by atoms with Crippen molar-refractivity contribution in [3.05, 3.63) is 29.3 Å². The summed E-state index contributed by atoms with van der Waals surface area (Å²) < 4.78 is 5.59. The van der Waals surface area contributed by atoms with Gasteiger partial charge < -0.3 is 15.8 Å². The van der Waals surface area contributed by atoms with E-state index in [1.165, 1.54) is 12.6 Å². The zero-order valence-electron chi connectivity index (χ0n) is 12.3. The first kappa shape index (κ1) is 15.3. The van der Waals surface area contributed by atoms with Crippen LogP contribution in [-0.2, 0) is 11.2 Å². The standard InChI is InChI=1S/C15H21N3O3/c1-9(14(19)18-15(20)17-2)21-11-7-6-10-4-3-5-13(16)12(10)8-11/h6-9,13H,3-5,16H2,1-2H3,(H2,17,18,19,20)/t9?,13-/m1/s1. The minimum Gasteiger partial charge on any atom is -0.481 e. The molecule has 3 amide bonds. The minimum atomic E-state index is -0.764. The van der Waals surface area contributed by atoms with Gasteiger partial charge in [-0.3, -0.25) is 10.1 Å². The molecule has 1 aliphatic rings. The lowest BCUT2D eigenvalue weighted by Crippen LogP contribution is -2.43. The first-order chi connectivity index (χ1) is 10.0. The third kappa shape index (κ3) is 3.72. The van der Waals surface area contributed by atoms with E-state index in [0.29, 0.717) is 5.75 Å². The van der Waals surface area contributed by atoms with Gasteiger partial charge in [-0.05, 0) is 49.4 Å². The first-order valence-electron chi connectivity index (χ1n) is 7.09. The fraction of sp³-hybridized carbons (Fsp3) is 0.467. The van der Waals surface area contributed by atoms with E-state index in [1.54, 1.807) is 6.92 Å². The molecule has 0 spiro atoms. The van der Waals surface area contributed by atoms with Crippen LogP contribution in [0.15, 0.2) is 18.2 Å². The molecular formula is C15H21N3O3. The van der Waals surface area contributed by atoms with Crippen molar-refractivity contribution >= 4 is 11.9 Å². The van der Waals surface area contributed by atoms with E-state index in [9.17, 15) is 9.59 Å². The second kappa shape index (κ2) is 6.58. The molecule has 4 N–H and O–H groups in total. The summed E-state index contributed by atoms with van der Waals surface area (Å²) in [6, 6.07) is 5.19. The molecule has 2 atom stereocenters. The van der Waals surface area contributed by atoms with E-state index >= 15 is 0 Å². The number of imide groups is 1. The summed E-state index contributed by atoms with van der Waals surface area (Å²) in [5.41, 5.74) is 8.42. The Balaban J connectivity index is 2.04. The Morgan fingerprint density at radius 1 is 1.43 bits per heavy atom. The number of hydrogen-bond donors (Lipinski definition) is 3. The molecule has 1 aromatic rings. The number of carbonyl (C=O) groups excluding carboxylic acids is 2. The number of carbonyl (C=O) groups is 2. The molecule has 0 aliphatic heterocycles. The van der Waals surface area contributed by atoms with Crippen molar-refractivity contribution in [3.8, 4) is 5.75 Å². The number of amides is 3. The van der Waals surface area contributed by atoms with Crippen LogP contribution in [-0.4, -0.2) is 25.1 Å². The van der Waals surface area contributed by atoms with Crippen LogP contribution in [0.1, 0.15) is 36.9 Å². The molecule has 1 aromatic carbocycles. The molecule has 0 aromatic heterocycles. The summed E-state index contributed by atoms with van der Waals surface area (Å²) in [5, 5.41) is 4.50. The minimum absolute atomic E-state index is 0.0206. The molecule has 1 unspecified atom stereocenters. The van der Waals surface area contributed by atoms with Gasteiger partial charge in [0, 0.05) is 13.1 Å². The molecule has 21 heavy (non-hydrogen) atoms. The smallest absolute Gasteiger partial charge is 0.321 e. The van der Waals surface area contributed by atoms with E-state index in [-0.39, 0.29) is 6.04 Å². The molecular weight excluding hydrogens is 270 g/mol. The lowest BCUT2D eigenvalue weighted by Gasteiger charge is -2.23. The second-order valence-electron chi connectivity index (χ2n) is 5.19. The fourth-order valence-electron chi connectivity index (χ4n) is 2.42. The van der Waals surface area contributed by atoms with Crippen molar-refractivity contribution < 1.29 is 14.3 Å². The Morgan fingerprint density at radius 2 is 2.19 bits per heavy atom. The predicted molar refractivity (Wildman–Crippen MR) is 79.0 cm³/mol. The first-order valence-corrected chi connectivity index (χ1v) is 7.09. The summed E-state index contributed by atoms with van der Waals surface area (Å²) in [6.45, 7) is 1.59. The lowest BCUT2D eigenvalue weighted by atomic mass is 9.88. The molecule has 6 nitrogen and oxygen atoms in total. The van der Waals surface area contributed by atoms with Crippen LogP contribution in [0.25, 0.3) is 0 Å². The number of rotatable bonds is 3. The Bertz CT molecular complexity index is 545. The van der Waals surface area contributed by atoms with Gasteiger partial charge in [0.1, 0.15) is 5.75 Å². The number of aryl methyl sites for hydroxylation is 1. The van der Waals surface area contributed by atoms with Gasteiger partial charge in [0.15, 0.2) is 6.10 Å². The zero-order valence-corrected chi connectivity index (χ0v) is 12.3. The van der Waals surface area contributed by atoms with Gasteiger partial charge in [0.05, 0.1) is 0 Å². The van der Waals surface area contributed by atoms with E-state index in [2.05, 4.69) is 10.6 Å². The summed E-state index contributed by atoms with van der Waals surface area (Å²) >= 11 is 0. The van der Waals surface area contributed by atoms with Crippen LogP contribution in [0, 0.1) is 0 Å². The van der Waals surface area contributed by atoms with Crippen molar-refractivity contribution in [2.45, 2.75) is 38.3 Å². The Hall–Kier alpha value is -2.08. The van der Waals surface area contributed by atoms with Crippen LogP contribution < -0.4 is 21.1 Å². The van der Waals surface area contributed by atoms with Crippen molar-refractivity contribution in [2.24, 2.45) is 5.73 Å². The third-order valence-electron chi connectivity index (χ3n) is 3.62. The van der Waals surface area contributed by atoms with Crippen molar-refractivity contribution in [1.82, 2.24) is 10.6 Å². The van der Waals surface area contributed by atoms with Crippen LogP contribution in [0.5, 0.6) is 5.75 Å². The summed E-state index contributed by atoms with van der Waals surface area (Å²) in [7, 11) is 1.44. The quantitative estimate of drug-likeness (QED) is 0.781. The van der Waals surface area contributed by atoms with E-state index < -0.39 is 18.0 Å². The average molecular weight is 291 g/mol. The maximum atomic E-state index is 11.7. The van der Waals surface area contributed by atoms with Gasteiger partial charge >= 0.3 is 6.03 Å². The van der Waals surface area contributed by atoms with E-state index in [1.807, 2.05) is 18.2 Å². The van der Waals surface area contributed by atoms with Crippen molar-refractivity contribution in [3.63, 3.8) is 0 Å². The SMILES string of the molecule is CNC(=O)NC(=O)C(C)Oc1ccc2c(c1)[C@H](N)CCC2. The molecule has 2 rings (SSSR count). The van der Waals surface area contributed by atoms with Gasteiger partial charge in [0.2, 0.25) is 0 Å². The Morgan fingerprint density at radius 3 is 2.90 bits per heavy atom. The van der Waals surface area contributed by atoms with Crippen molar-refractivity contribution in [2.75, 3.05) is 7.05 Å². The van der Waals surface area contributed by atoms with Crippen LogP contribution in [0.2, 0.25) is 0 Å². The maximum Gasteiger partial charge on any atom is 0.321 e. The number of nitrogens with one attached hydrogen (secondary N) is 2. The molecule has 1 aliphatic carbocycles. The van der Waals surface area contributed by atoms with Crippen molar-refractivity contribution in [1.29, 1.82) is 0 Å². The highest BCUT2D eigenvalue weighted by molar-refractivity contribution is 5.96. The monoisotopic (exact) mass is 291 g/mol. The highest BCUT2D eigenvalue weighted by Crippen LogP contribution is 2.31. The van der Waals surface area contributed by atoms with Gasteiger partial charge in [-0.25, -0.2) is 4.79 Å². The number of fused-ring (bicyclic) bond motifs is 1. The number of ether oxygens (including phenoxy) is 1. The second-order valence-corrected chi connectivity index (χ2v) is 5.19. The largest absolute Gasteiger partial charge is 0.481 e. The lowest BCUT2D eigenvalue weighted by molar-refractivity contribution is -0.126. The third-order valence-corrected chi connectivity index (χ3v) is 3.62. The van der Waals surface area contributed by atoms with Gasteiger partial charge in [-0.15, -0.1) is 0 Å². The molecule has 0 fully saturated rings. The van der Waals surface area contributed by atoms with Crippen LogP contribution >= 0.6 is 0 Å². The molecule has 0 saturated carbocycles. The van der Waals surface area contributed by atoms with Gasteiger partial charge in [0.25, 0.3) is 5.91 Å². The van der Waals surface area contributed by atoms with E-state index in [0.717, 1.165) is 24.8 Å². The fourth-order valence-corrected chi connectivity index (χ4v) is 2.42. The number of urea groups is 1.